The van der Waals surface area contributed by atoms with Crippen LogP contribution in [0.15, 0.2) is 70.2 Å². The van der Waals surface area contributed by atoms with Crippen LogP contribution in [0.1, 0.15) is 27.4 Å². The summed E-state index contributed by atoms with van der Waals surface area (Å²) in [6.45, 7) is 3.64. The first-order valence-corrected chi connectivity index (χ1v) is 11.5. The maximum atomic E-state index is 12.9. The highest BCUT2D eigenvalue weighted by molar-refractivity contribution is 7.92. The van der Waals surface area contributed by atoms with Gasteiger partial charge in [-0.3, -0.25) is 9.52 Å². The van der Waals surface area contributed by atoms with E-state index in [-0.39, 0.29) is 34.4 Å². The molecule has 0 aliphatic carbocycles. The molecule has 0 atom stereocenters. The minimum atomic E-state index is -3.84. The molecule has 33 heavy (non-hydrogen) atoms. The summed E-state index contributed by atoms with van der Waals surface area (Å²) >= 11 is 0. The Morgan fingerprint density at radius 3 is 2.39 bits per heavy atom. The summed E-state index contributed by atoms with van der Waals surface area (Å²) < 4.78 is 32.2. The Morgan fingerprint density at radius 1 is 1.06 bits per heavy atom. The Morgan fingerprint density at radius 2 is 1.76 bits per heavy atom. The number of carbonyl (C=O) groups excluding carboxylic acids is 1. The van der Waals surface area contributed by atoms with Gasteiger partial charge in [-0.2, -0.15) is 0 Å². The first-order valence-electron chi connectivity index (χ1n) is 9.99. The van der Waals surface area contributed by atoms with Gasteiger partial charge in [0.05, 0.1) is 16.8 Å². The minimum Gasteiger partial charge on any atom is -0.382 e. The zero-order valence-electron chi connectivity index (χ0n) is 17.9. The first kappa shape index (κ1) is 22.2. The van der Waals surface area contributed by atoms with Crippen LogP contribution in [0, 0.1) is 13.8 Å². The fraction of sp³-hybridized carbons (Fsp3) is 0.130. The van der Waals surface area contributed by atoms with E-state index in [9.17, 15) is 13.2 Å². The van der Waals surface area contributed by atoms with Crippen LogP contribution >= 0.6 is 0 Å². The number of nitrogens with one attached hydrogen (secondary N) is 1. The van der Waals surface area contributed by atoms with Gasteiger partial charge in [-0.1, -0.05) is 47.1 Å². The van der Waals surface area contributed by atoms with Gasteiger partial charge >= 0.3 is 0 Å². The maximum Gasteiger partial charge on any atom is 0.263 e. The van der Waals surface area contributed by atoms with E-state index < -0.39 is 10.0 Å². The van der Waals surface area contributed by atoms with E-state index in [1.807, 2.05) is 31.2 Å². The third-order valence-electron chi connectivity index (χ3n) is 4.88. The highest BCUT2D eigenvalue weighted by Crippen LogP contribution is 2.21. The second-order valence-electron chi connectivity index (χ2n) is 7.53. The van der Waals surface area contributed by atoms with Crippen molar-refractivity contribution in [2.45, 2.75) is 25.2 Å². The van der Waals surface area contributed by atoms with Crippen molar-refractivity contribution in [2.24, 2.45) is 0 Å². The predicted molar refractivity (Wildman–Crippen MR) is 123 cm³/mol. The minimum absolute atomic E-state index is 0.00747. The number of aromatic nitrogens is 3. The van der Waals surface area contributed by atoms with Crippen molar-refractivity contribution in [3.63, 3.8) is 0 Å². The van der Waals surface area contributed by atoms with E-state index in [1.54, 1.807) is 19.1 Å². The Bertz CT molecular complexity index is 1410. The Hall–Kier alpha value is -4.05. The molecule has 3 N–H and O–H groups in total. The SMILES string of the molecule is Cc1ccc(-c2cnc(N)c(C(=O)Cc3ccc(S(=O)(=O)Nc4cc(C)on4)cc3)n2)cc1. The first-order chi connectivity index (χ1) is 15.7. The van der Waals surface area contributed by atoms with Crippen LogP contribution in [0.3, 0.4) is 0 Å². The summed E-state index contributed by atoms with van der Waals surface area (Å²) in [7, 11) is -3.84. The smallest absolute Gasteiger partial charge is 0.263 e. The molecule has 0 amide bonds. The number of nitrogens with two attached hydrogens (primary N) is 1. The van der Waals surface area contributed by atoms with Crippen molar-refractivity contribution in [1.29, 1.82) is 0 Å². The molecule has 0 aliphatic rings. The Kier molecular flexibility index (Phi) is 5.93. The van der Waals surface area contributed by atoms with Crippen LogP contribution in [-0.2, 0) is 16.4 Å². The standard InChI is InChI=1S/C23H21N5O4S/c1-14-3-7-17(8-4-14)19-13-25-23(24)22(26-19)20(29)12-16-5-9-18(10-6-16)33(30,31)28-21-11-15(2)32-27-21/h3-11,13H,12H2,1-2H3,(H2,24,25)(H,27,28). The molecular weight excluding hydrogens is 442 g/mol. The van der Waals surface area contributed by atoms with Crippen LogP contribution < -0.4 is 10.5 Å². The summed E-state index contributed by atoms with van der Waals surface area (Å²) in [5.41, 5.74) is 9.07. The molecule has 0 bridgehead atoms. The largest absolute Gasteiger partial charge is 0.382 e. The molecule has 168 valence electrons. The molecule has 9 nitrogen and oxygen atoms in total. The van der Waals surface area contributed by atoms with Gasteiger partial charge in [0.1, 0.15) is 11.5 Å². The number of hydrogen-bond donors (Lipinski definition) is 2. The van der Waals surface area contributed by atoms with E-state index in [0.717, 1.165) is 11.1 Å². The molecule has 4 rings (SSSR count). The second kappa shape index (κ2) is 8.83. The zero-order chi connectivity index (χ0) is 23.6. The molecule has 2 aromatic carbocycles. The number of aryl methyl sites for hydroxylation is 2. The summed E-state index contributed by atoms with van der Waals surface area (Å²) in [4.78, 5) is 21.4. The lowest BCUT2D eigenvalue weighted by Gasteiger charge is -2.08. The van der Waals surface area contributed by atoms with Crippen LogP contribution in [0.25, 0.3) is 11.3 Å². The van der Waals surface area contributed by atoms with Crippen LogP contribution in [0.4, 0.5) is 11.6 Å². The molecule has 0 aliphatic heterocycles. The molecule has 0 fully saturated rings. The van der Waals surface area contributed by atoms with E-state index in [2.05, 4.69) is 19.8 Å². The van der Waals surface area contributed by atoms with Gasteiger partial charge in [0.2, 0.25) is 0 Å². The number of sulfonamides is 1. The normalized spacial score (nSPS) is 11.3. The van der Waals surface area contributed by atoms with E-state index in [0.29, 0.717) is 17.0 Å². The van der Waals surface area contributed by atoms with Crippen molar-refractivity contribution in [2.75, 3.05) is 10.5 Å². The highest BCUT2D eigenvalue weighted by atomic mass is 32.2. The third-order valence-corrected chi connectivity index (χ3v) is 6.25. The topological polar surface area (TPSA) is 141 Å². The monoisotopic (exact) mass is 463 g/mol. The molecule has 0 spiro atoms. The molecule has 0 saturated carbocycles. The Balaban J connectivity index is 1.51. The number of ketones is 1. The molecule has 10 heteroatoms. The number of carbonyl (C=O) groups is 1. The quantitative estimate of drug-likeness (QED) is 0.396. The maximum absolute atomic E-state index is 12.9. The molecule has 2 heterocycles. The second-order valence-corrected chi connectivity index (χ2v) is 9.21. The average molecular weight is 464 g/mol. The fourth-order valence-electron chi connectivity index (χ4n) is 3.13. The number of anilines is 2. The molecule has 0 unspecified atom stereocenters. The van der Waals surface area contributed by atoms with Gasteiger partial charge in [-0.05, 0) is 31.5 Å². The number of nitrogen functional groups attached to an aromatic ring is 1. The lowest BCUT2D eigenvalue weighted by Crippen LogP contribution is -2.14. The van der Waals surface area contributed by atoms with E-state index in [4.69, 9.17) is 10.3 Å². The fourth-order valence-corrected chi connectivity index (χ4v) is 4.12. The van der Waals surface area contributed by atoms with Crippen LogP contribution in [0.5, 0.6) is 0 Å². The van der Waals surface area contributed by atoms with Crippen molar-refractivity contribution in [3.8, 4) is 11.3 Å². The predicted octanol–water partition coefficient (Wildman–Crippen LogP) is 3.56. The molecule has 0 saturated heterocycles. The van der Waals surface area contributed by atoms with Crippen molar-refractivity contribution in [3.05, 3.63) is 83.4 Å². The van der Waals surface area contributed by atoms with Crippen molar-refractivity contribution >= 4 is 27.4 Å². The molecule has 0 radical (unpaired) electrons. The summed E-state index contributed by atoms with van der Waals surface area (Å²) in [6.07, 6.45) is 1.52. The summed E-state index contributed by atoms with van der Waals surface area (Å²) in [5.74, 6) is 0.299. The van der Waals surface area contributed by atoms with Gasteiger partial charge < -0.3 is 10.3 Å². The lowest BCUT2D eigenvalue weighted by molar-refractivity contribution is 0.0989. The summed E-state index contributed by atoms with van der Waals surface area (Å²) in [6, 6.07) is 15.1. The number of benzene rings is 2. The molecular formula is C23H21N5O4S. The average Bonchev–Trinajstić information content (AvgIpc) is 3.19. The van der Waals surface area contributed by atoms with Crippen LogP contribution in [-0.4, -0.2) is 29.3 Å². The van der Waals surface area contributed by atoms with Gasteiger partial charge in [-0.25, -0.2) is 18.4 Å². The number of Topliss-reactive ketones (excluding diaryl/α,β-unsaturated/α-hetero) is 1. The van der Waals surface area contributed by atoms with Gasteiger partial charge in [-0.15, -0.1) is 0 Å². The number of rotatable bonds is 7. The number of nitrogens with zero attached hydrogens (tertiary/aromatic N) is 3. The van der Waals surface area contributed by atoms with Gasteiger partial charge in [0, 0.05) is 18.1 Å². The van der Waals surface area contributed by atoms with E-state index in [1.165, 1.54) is 24.4 Å². The Labute approximate surface area is 190 Å². The van der Waals surface area contributed by atoms with Gasteiger partial charge in [0.25, 0.3) is 10.0 Å². The third kappa shape index (κ3) is 5.07. The lowest BCUT2D eigenvalue weighted by atomic mass is 10.1. The molecule has 2 aromatic heterocycles. The molecule has 4 aromatic rings. The van der Waals surface area contributed by atoms with Crippen molar-refractivity contribution < 1.29 is 17.7 Å². The number of hydrogen-bond acceptors (Lipinski definition) is 8. The summed E-state index contributed by atoms with van der Waals surface area (Å²) in [5, 5.41) is 3.62. The van der Waals surface area contributed by atoms with Crippen LogP contribution in [0.2, 0.25) is 0 Å². The highest BCUT2D eigenvalue weighted by Gasteiger charge is 2.18. The zero-order valence-corrected chi connectivity index (χ0v) is 18.8. The van der Waals surface area contributed by atoms with E-state index >= 15 is 0 Å². The van der Waals surface area contributed by atoms with Crippen molar-refractivity contribution in [1.82, 2.24) is 15.1 Å². The van der Waals surface area contributed by atoms with Gasteiger partial charge in [0.15, 0.2) is 17.4 Å².